The van der Waals surface area contributed by atoms with Crippen molar-refractivity contribution in [3.63, 3.8) is 0 Å². The van der Waals surface area contributed by atoms with Gasteiger partial charge in [0.1, 0.15) is 0 Å². The normalized spacial score (nSPS) is 9.94. The highest BCUT2D eigenvalue weighted by atomic mass is 35.5. The molecule has 1 amide bonds. The van der Waals surface area contributed by atoms with Crippen molar-refractivity contribution in [3.05, 3.63) is 28.8 Å². The molecule has 0 unspecified atom stereocenters. The van der Waals surface area contributed by atoms with Gasteiger partial charge in [-0.2, -0.15) is 0 Å². The monoisotopic (exact) mass is 240 g/mol. The molecule has 88 valence electrons. The average Bonchev–Trinajstić information content (AvgIpc) is 2.28. The molecule has 4 heteroatoms. The van der Waals surface area contributed by atoms with Gasteiger partial charge in [-0.25, -0.2) is 0 Å². The smallest absolute Gasteiger partial charge is 0.219 e. The number of amides is 1. The van der Waals surface area contributed by atoms with Gasteiger partial charge in [-0.1, -0.05) is 17.7 Å². The number of hydrogen-bond acceptors (Lipinski definition) is 2. The second kappa shape index (κ2) is 6.38. The summed E-state index contributed by atoms with van der Waals surface area (Å²) in [5, 5.41) is 6.53. The molecule has 16 heavy (non-hydrogen) atoms. The number of benzene rings is 1. The van der Waals surface area contributed by atoms with Gasteiger partial charge in [0.25, 0.3) is 0 Å². The Bertz CT molecular complexity index is 366. The zero-order valence-electron chi connectivity index (χ0n) is 9.64. The van der Waals surface area contributed by atoms with Crippen LogP contribution in [0.15, 0.2) is 18.2 Å². The Balaban J connectivity index is 2.37. The number of carbonyl (C=O) groups is 1. The molecule has 1 aromatic carbocycles. The molecule has 3 nitrogen and oxygen atoms in total. The molecule has 0 saturated carbocycles. The Morgan fingerprint density at radius 1 is 1.44 bits per heavy atom. The fraction of sp³-hybridized carbons (Fsp3) is 0.417. The fourth-order valence-corrected chi connectivity index (χ4v) is 1.56. The Kier molecular flexibility index (Phi) is 5.12. The number of anilines is 1. The Hall–Kier alpha value is -1.22. The van der Waals surface area contributed by atoms with E-state index in [0.29, 0.717) is 11.4 Å². The first-order chi connectivity index (χ1) is 7.63. The van der Waals surface area contributed by atoms with Crippen molar-refractivity contribution in [2.75, 3.05) is 18.9 Å². The molecule has 0 aliphatic carbocycles. The van der Waals surface area contributed by atoms with Crippen molar-refractivity contribution in [1.82, 2.24) is 5.32 Å². The molecule has 0 spiro atoms. The third kappa shape index (κ3) is 4.11. The van der Waals surface area contributed by atoms with Gasteiger partial charge in [-0.3, -0.25) is 4.79 Å². The predicted octanol–water partition coefficient (Wildman–Crippen LogP) is 2.59. The lowest BCUT2D eigenvalue weighted by Crippen LogP contribution is -2.18. The number of rotatable bonds is 5. The number of halogens is 1. The number of aryl methyl sites for hydroxylation is 1. The predicted molar refractivity (Wildman–Crippen MR) is 68.0 cm³/mol. The van der Waals surface area contributed by atoms with E-state index in [0.717, 1.165) is 18.7 Å². The molecule has 0 radical (unpaired) electrons. The largest absolute Gasteiger partial charge is 0.384 e. The van der Waals surface area contributed by atoms with Crippen molar-refractivity contribution in [2.24, 2.45) is 0 Å². The van der Waals surface area contributed by atoms with Crippen LogP contribution in [0.5, 0.6) is 0 Å². The zero-order valence-corrected chi connectivity index (χ0v) is 10.4. The maximum atomic E-state index is 11.0. The van der Waals surface area contributed by atoms with E-state index < -0.39 is 0 Å². The summed E-state index contributed by atoms with van der Waals surface area (Å²) >= 11 is 6.02. The third-order valence-electron chi connectivity index (χ3n) is 2.30. The highest BCUT2D eigenvalue weighted by Crippen LogP contribution is 2.22. The fourth-order valence-electron chi connectivity index (χ4n) is 1.37. The van der Waals surface area contributed by atoms with Gasteiger partial charge >= 0.3 is 0 Å². The molecule has 1 rings (SSSR count). The summed E-state index contributed by atoms with van der Waals surface area (Å²) in [6, 6.07) is 5.85. The van der Waals surface area contributed by atoms with Gasteiger partial charge in [0.2, 0.25) is 5.91 Å². The first-order valence-corrected chi connectivity index (χ1v) is 5.72. The van der Waals surface area contributed by atoms with E-state index in [4.69, 9.17) is 11.6 Å². The second-order valence-electron chi connectivity index (χ2n) is 3.69. The molecule has 0 heterocycles. The first-order valence-electron chi connectivity index (χ1n) is 5.34. The van der Waals surface area contributed by atoms with Crippen LogP contribution >= 0.6 is 11.6 Å². The maximum Gasteiger partial charge on any atom is 0.219 e. The van der Waals surface area contributed by atoms with E-state index in [1.807, 2.05) is 25.1 Å². The Labute approximate surface area is 101 Å². The summed E-state index contributed by atoms with van der Waals surface area (Å²) < 4.78 is 0. The van der Waals surface area contributed by atoms with Crippen LogP contribution in [0, 0.1) is 6.92 Å². The van der Waals surface area contributed by atoms with E-state index in [9.17, 15) is 4.79 Å². The molecule has 0 saturated heterocycles. The minimum Gasteiger partial charge on any atom is -0.384 e. The molecule has 0 atom stereocenters. The molecule has 0 aliphatic rings. The summed E-state index contributed by atoms with van der Waals surface area (Å²) in [6.45, 7) is 2.77. The molecular weight excluding hydrogens is 224 g/mol. The zero-order chi connectivity index (χ0) is 12.0. The summed E-state index contributed by atoms with van der Waals surface area (Å²) in [7, 11) is 1.65. The lowest BCUT2D eigenvalue weighted by atomic mass is 10.2. The first kappa shape index (κ1) is 12.8. The minimum atomic E-state index is 0.0668. The van der Waals surface area contributed by atoms with Gasteiger partial charge in [0, 0.05) is 20.0 Å². The minimum absolute atomic E-state index is 0.0668. The summed E-state index contributed by atoms with van der Waals surface area (Å²) in [4.78, 5) is 11.0. The van der Waals surface area contributed by atoms with Crippen LogP contribution in [0.3, 0.4) is 0 Å². The van der Waals surface area contributed by atoms with E-state index >= 15 is 0 Å². The van der Waals surface area contributed by atoms with Crippen molar-refractivity contribution >= 4 is 23.2 Å². The van der Waals surface area contributed by atoms with Crippen molar-refractivity contribution < 1.29 is 4.79 Å². The van der Waals surface area contributed by atoms with Crippen LogP contribution in [0.2, 0.25) is 5.02 Å². The quantitative estimate of drug-likeness (QED) is 0.777. The van der Waals surface area contributed by atoms with Crippen LogP contribution < -0.4 is 10.6 Å². The average molecular weight is 241 g/mol. The van der Waals surface area contributed by atoms with Gasteiger partial charge < -0.3 is 10.6 Å². The SMILES string of the molecule is CNC(=O)CCCNc1cc(C)ccc1Cl. The van der Waals surface area contributed by atoms with Gasteiger partial charge in [-0.05, 0) is 31.0 Å². The Morgan fingerprint density at radius 2 is 2.19 bits per heavy atom. The molecule has 0 bridgehead atoms. The van der Waals surface area contributed by atoms with E-state index in [2.05, 4.69) is 10.6 Å². The Morgan fingerprint density at radius 3 is 2.88 bits per heavy atom. The lowest BCUT2D eigenvalue weighted by Gasteiger charge is -2.08. The van der Waals surface area contributed by atoms with Crippen molar-refractivity contribution in [1.29, 1.82) is 0 Å². The number of hydrogen-bond donors (Lipinski definition) is 2. The van der Waals surface area contributed by atoms with Gasteiger partial charge in [-0.15, -0.1) is 0 Å². The van der Waals surface area contributed by atoms with Crippen LogP contribution in [-0.4, -0.2) is 19.5 Å². The molecule has 2 N–H and O–H groups in total. The topological polar surface area (TPSA) is 41.1 Å². The molecule has 1 aromatic rings. The second-order valence-corrected chi connectivity index (χ2v) is 4.09. The van der Waals surface area contributed by atoms with Crippen LogP contribution in [0.1, 0.15) is 18.4 Å². The molecular formula is C12H17ClN2O. The molecule has 0 aromatic heterocycles. The van der Waals surface area contributed by atoms with E-state index in [1.54, 1.807) is 7.05 Å². The maximum absolute atomic E-state index is 11.0. The van der Waals surface area contributed by atoms with Crippen LogP contribution in [-0.2, 0) is 4.79 Å². The summed E-state index contributed by atoms with van der Waals surface area (Å²) in [6.07, 6.45) is 1.33. The highest BCUT2D eigenvalue weighted by molar-refractivity contribution is 6.33. The van der Waals surface area contributed by atoms with E-state index in [-0.39, 0.29) is 5.91 Å². The van der Waals surface area contributed by atoms with Crippen molar-refractivity contribution in [2.45, 2.75) is 19.8 Å². The lowest BCUT2D eigenvalue weighted by molar-refractivity contribution is -0.120. The molecule has 0 fully saturated rings. The third-order valence-corrected chi connectivity index (χ3v) is 2.63. The highest BCUT2D eigenvalue weighted by Gasteiger charge is 2.00. The number of nitrogens with one attached hydrogen (secondary N) is 2. The summed E-state index contributed by atoms with van der Waals surface area (Å²) in [5.41, 5.74) is 2.09. The standard InChI is InChI=1S/C12H17ClN2O/c1-9-5-6-10(13)11(8-9)15-7-3-4-12(16)14-2/h5-6,8,15H,3-4,7H2,1-2H3,(H,14,16). The van der Waals surface area contributed by atoms with Gasteiger partial charge in [0.15, 0.2) is 0 Å². The summed E-state index contributed by atoms with van der Waals surface area (Å²) in [5.74, 6) is 0.0668. The molecule has 0 aliphatic heterocycles. The van der Waals surface area contributed by atoms with Crippen molar-refractivity contribution in [3.8, 4) is 0 Å². The van der Waals surface area contributed by atoms with Crippen LogP contribution in [0.25, 0.3) is 0 Å². The van der Waals surface area contributed by atoms with Crippen LogP contribution in [0.4, 0.5) is 5.69 Å². The number of carbonyl (C=O) groups excluding carboxylic acids is 1. The van der Waals surface area contributed by atoms with E-state index in [1.165, 1.54) is 5.56 Å². The van der Waals surface area contributed by atoms with Gasteiger partial charge in [0.05, 0.1) is 10.7 Å².